The van der Waals surface area contributed by atoms with Gasteiger partial charge >= 0.3 is 0 Å². The van der Waals surface area contributed by atoms with Crippen LogP contribution in [0.3, 0.4) is 0 Å². The molecule has 0 spiro atoms. The van der Waals surface area contributed by atoms with E-state index in [1.165, 1.54) is 38.2 Å². The van der Waals surface area contributed by atoms with Crippen molar-refractivity contribution < 1.29 is 0 Å². The second kappa shape index (κ2) is 4.60. The van der Waals surface area contributed by atoms with Crippen molar-refractivity contribution in [2.24, 2.45) is 5.92 Å². The molecule has 0 saturated heterocycles. The minimum absolute atomic E-state index is 0.0300. The van der Waals surface area contributed by atoms with Gasteiger partial charge in [-0.3, -0.25) is 4.79 Å². The number of rotatable bonds is 2. The third-order valence-corrected chi connectivity index (χ3v) is 3.50. The van der Waals surface area contributed by atoms with Gasteiger partial charge in [0.25, 0.3) is 5.56 Å². The van der Waals surface area contributed by atoms with Crippen LogP contribution in [-0.2, 0) is 0 Å². The third-order valence-electron chi connectivity index (χ3n) is 3.50. The zero-order chi connectivity index (χ0) is 10.7. The summed E-state index contributed by atoms with van der Waals surface area (Å²) >= 11 is 0. The Hall–Kier alpha value is -1.12. The monoisotopic (exact) mass is 206 g/mol. The van der Waals surface area contributed by atoms with Crippen LogP contribution in [-0.4, -0.2) is 9.97 Å². The lowest BCUT2D eigenvalue weighted by Gasteiger charge is -2.26. The van der Waals surface area contributed by atoms with Crippen molar-refractivity contribution in [3.8, 4) is 0 Å². The van der Waals surface area contributed by atoms with Gasteiger partial charge in [0.05, 0.1) is 0 Å². The topological polar surface area (TPSA) is 45.8 Å². The quantitative estimate of drug-likeness (QED) is 0.807. The van der Waals surface area contributed by atoms with Crippen LogP contribution in [0.2, 0.25) is 0 Å². The van der Waals surface area contributed by atoms with Crippen molar-refractivity contribution in [3.63, 3.8) is 0 Å². The van der Waals surface area contributed by atoms with E-state index in [-0.39, 0.29) is 5.56 Å². The summed E-state index contributed by atoms with van der Waals surface area (Å²) in [6.45, 7) is 2.26. The molecule has 82 valence electrons. The first kappa shape index (κ1) is 10.4. The molecule has 0 bridgehead atoms. The molecule has 1 fully saturated rings. The van der Waals surface area contributed by atoms with Crippen LogP contribution in [0, 0.1) is 5.92 Å². The van der Waals surface area contributed by atoms with Crippen LogP contribution < -0.4 is 5.56 Å². The SMILES string of the molecule is CCC1CCC(c2nccc(=O)[nH]2)CC1. The van der Waals surface area contributed by atoms with E-state index in [1.807, 2.05) is 0 Å². The minimum atomic E-state index is -0.0300. The number of H-pyrrole nitrogens is 1. The van der Waals surface area contributed by atoms with Gasteiger partial charge in [0.15, 0.2) is 0 Å². The molecule has 3 heteroatoms. The number of nitrogens with one attached hydrogen (secondary N) is 1. The molecule has 2 rings (SSSR count). The maximum Gasteiger partial charge on any atom is 0.250 e. The molecule has 0 atom stereocenters. The molecule has 0 amide bonds. The number of nitrogens with zero attached hydrogens (tertiary/aromatic N) is 1. The Bertz CT molecular complexity index is 364. The molecule has 1 heterocycles. The Kier molecular flexibility index (Phi) is 3.19. The highest BCUT2D eigenvalue weighted by molar-refractivity contribution is 4.99. The molecule has 0 radical (unpaired) electrons. The summed E-state index contributed by atoms with van der Waals surface area (Å²) in [6.07, 6.45) is 7.79. The van der Waals surface area contributed by atoms with E-state index in [2.05, 4.69) is 16.9 Å². The fraction of sp³-hybridized carbons (Fsp3) is 0.667. The molecule has 0 aliphatic heterocycles. The van der Waals surface area contributed by atoms with E-state index < -0.39 is 0 Å². The molecule has 15 heavy (non-hydrogen) atoms. The fourth-order valence-electron chi connectivity index (χ4n) is 2.44. The molecule has 1 aromatic rings. The van der Waals surface area contributed by atoms with Gasteiger partial charge < -0.3 is 4.98 Å². The van der Waals surface area contributed by atoms with Crippen molar-refractivity contribution in [2.75, 3.05) is 0 Å². The van der Waals surface area contributed by atoms with Gasteiger partial charge in [0.2, 0.25) is 0 Å². The van der Waals surface area contributed by atoms with E-state index >= 15 is 0 Å². The van der Waals surface area contributed by atoms with Crippen LogP contribution in [0.15, 0.2) is 17.1 Å². The highest BCUT2D eigenvalue weighted by Crippen LogP contribution is 2.34. The predicted octanol–water partition coefficient (Wildman–Crippen LogP) is 2.45. The normalized spacial score (nSPS) is 26.5. The summed E-state index contributed by atoms with van der Waals surface area (Å²) in [5.74, 6) is 2.25. The van der Waals surface area contributed by atoms with Gasteiger partial charge in [-0.2, -0.15) is 0 Å². The molecule has 1 aliphatic carbocycles. The first-order chi connectivity index (χ1) is 7.29. The number of hydrogen-bond acceptors (Lipinski definition) is 2. The van der Waals surface area contributed by atoms with Gasteiger partial charge in [-0.05, 0) is 31.6 Å². The second-order valence-electron chi connectivity index (χ2n) is 4.45. The predicted molar refractivity (Wildman–Crippen MR) is 59.8 cm³/mol. The Balaban J connectivity index is 2.04. The molecule has 1 aliphatic rings. The van der Waals surface area contributed by atoms with Gasteiger partial charge in [-0.25, -0.2) is 4.98 Å². The van der Waals surface area contributed by atoms with Gasteiger partial charge in [0.1, 0.15) is 5.82 Å². The summed E-state index contributed by atoms with van der Waals surface area (Å²) < 4.78 is 0. The Morgan fingerprint density at radius 1 is 1.40 bits per heavy atom. The van der Waals surface area contributed by atoms with E-state index in [9.17, 15) is 4.79 Å². The average Bonchev–Trinajstić information content (AvgIpc) is 2.29. The first-order valence-corrected chi connectivity index (χ1v) is 5.84. The Labute approximate surface area is 89.9 Å². The largest absolute Gasteiger partial charge is 0.310 e. The van der Waals surface area contributed by atoms with Crippen molar-refractivity contribution in [2.45, 2.75) is 44.9 Å². The lowest BCUT2D eigenvalue weighted by molar-refractivity contribution is 0.312. The number of aromatic amines is 1. The number of hydrogen-bond donors (Lipinski definition) is 1. The van der Waals surface area contributed by atoms with Gasteiger partial charge in [0, 0.05) is 18.2 Å². The fourth-order valence-corrected chi connectivity index (χ4v) is 2.44. The summed E-state index contributed by atoms with van der Waals surface area (Å²) in [4.78, 5) is 18.3. The molecule has 1 saturated carbocycles. The molecule has 1 N–H and O–H groups in total. The van der Waals surface area contributed by atoms with Crippen molar-refractivity contribution in [1.29, 1.82) is 0 Å². The second-order valence-corrected chi connectivity index (χ2v) is 4.45. The van der Waals surface area contributed by atoms with Crippen molar-refractivity contribution in [3.05, 3.63) is 28.4 Å². The summed E-state index contributed by atoms with van der Waals surface area (Å²) in [6, 6.07) is 1.47. The average molecular weight is 206 g/mol. The van der Waals surface area contributed by atoms with Crippen LogP contribution in [0.1, 0.15) is 50.8 Å². The highest BCUT2D eigenvalue weighted by Gasteiger charge is 2.22. The lowest BCUT2D eigenvalue weighted by Crippen LogP contribution is -2.18. The van der Waals surface area contributed by atoms with Crippen molar-refractivity contribution >= 4 is 0 Å². The number of aromatic nitrogens is 2. The standard InChI is InChI=1S/C12H18N2O/c1-2-9-3-5-10(6-4-9)12-13-8-7-11(15)14-12/h7-10H,2-6H2,1H3,(H,13,14,15). The molecule has 0 aromatic carbocycles. The van der Waals surface area contributed by atoms with E-state index in [1.54, 1.807) is 6.20 Å². The van der Waals surface area contributed by atoms with E-state index in [0.29, 0.717) is 5.92 Å². The van der Waals surface area contributed by atoms with Gasteiger partial charge in [-0.1, -0.05) is 13.3 Å². The van der Waals surface area contributed by atoms with Crippen LogP contribution in [0.4, 0.5) is 0 Å². The van der Waals surface area contributed by atoms with Crippen LogP contribution in [0.25, 0.3) is 0 Å². The van der Waals surface area contributed by atoms with Crippen LogP contribution in [0.5, 0.6) is 0 Å². The summed E-state index contributed by atoms with van der Waals surface area (Å²) in [5.41, 5.74) is -0.0300. The zero-order valence-corrected chi connectivity index (χ0v) is 9.20. The zero-order valence-electron chi connectivity index (χ0n) is 9.20. The summed E-state index contributed by atoms with van der Waals surface area (Å²) in [7, 11) is 0. The maximum atomic E-state index is 11.2. The highest BCUT2D eigenvalue weighted by atomic mass is 16.1. The van der Waals surface area contributed by atoms with Gasteiger partial charge in [-0.15, -0.1) is 0 Å². The third kappa shape index (κ3) is 2.46. The Morgan fingerprint density at radius 2 is 2.13 bits per heavy atom. The maximum absolute atomic E-state index is 11.2. The van der Waals surface area contributed by atoms with Crippen LogP contribution >= 0.6 is 0 Å². The van der Waals surface area contributed by atoms with E-state index in [4.69, 9.17) is 0 Å². The molecular weight excluding hydrogens is 188 g/mol. The molecule has 1 aromatic heterocycles. The molecule has 0 unspecified atom stereocenters. The first-order valence-electron chi connectivity index (χ1n) is 5.84. The smallest absolute Gasteiger partial charge is 0.250 e. The molecular formula is C12H18N2O. The summed E-state index contributed by atoms with van der Waals surface area (Å²) in [5, 5.41) is 0. The minimum Gasteiger partial charge on any atom is -0.310 e. The molecule has 3 nitrogen and oxygen atoms in total. The van der Waals surface area contributed by atoms with Crippen molar-refractivity contribution in [1.82, 2.24) is 9.97 Å². The lowest BCUT2D eigenvalue weighted by atomic mass is 9.80. The van der Waals surface area contributed by atoms with E-state index in [0.717, 1.165) is 11.7 Å². The Morgan fingerprint density at radius 3 is 2.73 bits per heavy atom.